The van der Waals surface area contributed by atoms with Crippen molar-refractivity contribution >= 4 is 34.7 Å². The Kier molecular flexibility index (Phi) is 6.13. The molecule has 2 aromatic rings. The van der Waals surface area contributed by atoms with Crippen LogP contribution in [-0.2, 0) is 14.3 Å². The van der Waals surface area contributed by atoms with Crippen LogP contribution in [0.5, 0.6) is 0 Å². The standard InChI is InChI=1S/C22H21ClFN3O3/c23-16-6-4-15(5-7-16)19-20(25-18-3-1-2-17(24)14-18)22(29)27(21(19)28)9-8-26-10-12-30-13-11-26/h1-7,14,25H,8-13H2. The first-order valence-corrected chi connectivity index (χ1v) is 10.1. The summed E-state index contributed by atoms with van der Waals surface area (Å²) >= 11 is 5.98. The van der Waals surface area contributed by atoms with Crippen LogP contribution in [0.2, 0.25) is 5.02 Å². The SMILES string of the molecule is O=C1C(Nc2cccc(F)c2)=C(c2ccc(Cl)cc2)C(=O)N1CCN1CCOCC1. The lowest BCUT2D eigenvalue weighted by molar-refractivity contribution is -0.137. The summed E-state index contributed by atoms with van der Waals surface area (Å²) < 4.78 is 19.0. The third kappa shape index (κ3) is 4.38. The molecule has 2 amide bonds. The molecule has 4 rings (SSSR count). The van der Waals surface area contributed by atoms with E-state index in [-0.39, 0.29) is 23.7 Å². The fourth-order valence-electron chi connectivity index (χ4n) is 3.56. The number of nitrogens with zero attached hydrogens (tertiary/aromatic N) is 2. The number of ether oxygens (including phenoxy) is 1. The van der Waals surface area contributed by atoms with E-state index in [0.29, 0.717) is 36.0 Å². The van der Waals surface area contributed by atoms with Gasteiger partial charge in [-0.3, -0.25) is 19.4 Å². The van der Waals surface area contributed by atoms with Crippen molar-refractivity contribution in [2.45, 2.75) is 0 Å². The zero-order valence-electron chi connectivity index (χ0n) is 16.2. The molecule has 0 aliphatic carbocycles. The van der Waals surface area contributed by atoms with Crippen molar-refractivity contribution in [3.63, 3.8) is 0 Å². The lowest BCUT2D eigenvalue weighted by Gasteiger charge is -2.28. The molecule has 1 N–H and O–H groups in total. The number of nitrogens with one attached hydrogen (secondary N) is 1. The molecule has 0 unspecified atom stereocenters. The number of benzene rings is 2. The molecule has 0 radical (unpaired) electrons. The summed E-state index contributed by atoms with van der Waals surface area (Å²) in [7, 11) is 0. The Balaban J connectivity index is 1.62. The van der Waals surface area contributed by atoms with Crippen molar-refractivity contribution in [1.29, 1.82) is 0 Å². The van der Waals surface area contributed by atoms with E-state index in [9.17, 15) is 14.0 Å². The summed E-state index contributed by atoms with van der Waals surface area (Å²) in [5.74, 6) is -1.24. The Morgan fingerprint density at radius 3 is 2.43 bits per heavy atom. The van der Waals surface area contributed by atoms with Gasteiger partial charge in [-0.05, 0) is 35.9 Å². The number of amides is 2. The number of hydrogen-bond donors (Lipinski definition) is 1. The van der Waals surface area contributed by atoms with Gasteiger partial charge in [0, 0.05) is 36.9 Å². The summed E-state index contributed by atoms with van der Waals surface area (Å²) in [4.78, 5) is 29.7. The maximum Gasteiger partial charge on any atom is 0.278 e. The topological polar surface area (TPSA) is 61.9 Å². The molecule has 156 valence electrons. The highest BCUT2D eigenvalue weighted by atomic mass is 35.5. The maximum atomic E-state index is 13.6. The van der Waals surface area contributed by atoms with Gasteiger partial charge in [-0.2, -0.15) is 0 Å². The third-order valence-corrected chi connectivity index (χ3v) is 5.39. The van der Waals surface area contributed by atoms with Crippen molar-refractivity contribution in [2.75, 3.05) is 44.7 Å². The molecule has 2 aliphatic rings. The van der Waals surface area contributed by atoms with E-state index in [2.05, 4.69) is 10.2 Å². The van der Waals surface area contributed by atoms with E-state index < -0.39 is 11.7 Å². The fourth-order valence-corrected chi connectivity index (χ4v) is 3.68. The number of anilines is 1. The van der Waals surface area contributed by atoms with Crippen molar-refractivity contribution in [3.05, 3.63) is 70.6 Å². The van der Waals surface area contributed by atoms with Gasteiger partial charge in [0.25, 0.3) is 11.8 Å². The molecule has 2 heterocycles. The van der Waals surface area contributed by atoms with E-state index in [1.165, 1.54) is 23.1 Å². The normalized spacial score (nSPS) is 17.7. The third-order valence-electron chi connectivity index (χ3n) is 5.14. The second-order valence-electron chi connectivity index (χ2n) is 7.11. The molecule has 1 saturated heterocycles. The number of rotatable bonds is 6. The summed E-state index contributed by atoms with van der Waals surface area (Å²) in [6.07, 6.45) is 0. The second kappa shape index (κ2) is 8.95. The highest BCUT2D eigenvalue weighted by Gasteiger charge is 2.39. The van der Waals surface area contributed by atoms with Crippen LogP contribution < -0.4 is 5.32 Å². The van der Waals surface area contributed by atoms with Crippen molar-refractivity contribution in [1.82, 2.24) is 9.80 Å². The predicted molar refractivity (Wildman–Crippen MR) is 112 cm³/mol. The van der Waals surface area contributed by atoms with E-state index >= 15 is 0 Å². The summed E-state index contributed by atoms with van der Waals surface area (Å²) in [5, 5.41) is 3.48. The summed E-state index contributed by atoms with van der Waals surface area (Å²) in [5.41, 5.74) is 1.36. The van der Waals surface area contributed by atoms with Crippen LogP contribution in [0, 0.1) is 5.82 Å². The monoisotopic (exact) mass is 429 g/mol. The van der Waals surface area contributed by atoms with Gasteiger partial charge in [-0.1, -0.05) is 29.8 Å². The lowest BCUT2D eigenvalue weighted by atomic mass is 10.0. The quantitative estimate of drug-likeness (QED) is 0.715. The van der Waals surface area contributed by atoms with Crippen LogP contribution in [0.25, 0.3) is 5.57 Å². The van der Waals surface area contributed by atoms with Crippen molar-refractivity contribution in [2.24, 2.45) is 0 Å². The van der Waals surface area contributed by atoms with Crippen LogP contribution in [0.4, 0.5) is 10.1 Å². The van der Waals surface area contributed by atoms with E-state index in [0.717, 1.165) is 13.1 Å². The first-order valence-electron chi connectivity index (χ1n) is 9.72. The summed E-state index contributed by atoms with van der Waals surface area (Å²) in [6.45, 7) is 3.65. The molecule has 1 fully saturated rings. The van der Waals surface area contributed by atoms with E-state index in [1.807, 2.05) is 0 Å². The molecule has 0 bridgehead atoms. The Bertz CT molecular complexity index is 987. The largest absolute Gasteiger partial charge is 0.379 e. The number of hydrogen-bond acceptors (Lipinski definition) is 5. The Morgan fingerprint density at radius 2 is 1.73 bits per heavy atom. The zero-order chi connectivity index (χ0) is 21.1. The van der Waals surface area contributed by atoms with Gasteiger partial charge >= 0.3 is 0 Å². The molecule has 6 nitrogen and oxygen atoms in total. The molecular weight excluding hydrogens is 409 g/mol. The van der Waals surface area contributed by atoms with Gasteiger partial charge in [0.15, 0.2) is 0 Å². The number of morpholine rings is 1. The number of carbonyl (C=O) groups excluding carboxylic acids is 2. The Labute approximate surface area is 178 Å². The molecule has 0 atom stereocenters. The first kappa shape index (κ1) is 20.5. The minimum absolute atomic E-state index is 0.134. The van der Waals surface area contributed by atoms with Gasteiger partial charge in [0.2, 0.25) is 0 Å². The van der Waals surface area contributed by atoms with Gasteiger partial charge in [0.1, 0.15) is 11.5 Å². The van der Waals surface area contributed by atoms with Crippen molar-refractivity contribution < 1.29 is 18.7 Å². The van der Waals surface area contributed by atoms with Gasteiger partial charge in [-0.25, -0.2) is 4.39 Å². The number of halogens is 2. The minimum atomic E-state index is -0.436. The average molecular weight is 430 g/mol. The van der Waals surface area contributed by atoms with Crippen LogP contribution in [-0.4, -0.2) is 61.0 Å². The molecule has 2 aromatic carbocycles. The highest BCUT2D eigenvalue weighted by Crippen LogP contribution is 2.31. The molecule has 2 aliphatic heterocycles. The highest BCUT2D eigenvalue weighted by molar-refractivity contribution is 6.36. The van der Waals surface area contributed by atoms with Gasteiger partial charge in [-0.15, -0.1) is 0 Å². The lowest BCUT2D eigenvalue weighted by Crippen LogP contribution is -2.43. The van der Waals surface area contributed by atoms with Crippen LogP contribution in [0.3, 0.4) is 0 Å². The number of imide groups is 1. The Hall–Kier alpha value is -2.74. The zero-order valence-corrected chi connectivity index (χ0v) is 17.0. The average Bonchev–Trinajstić information content (AvgIpc) is 2.97. The van der Waals surface area contributed by atoms with Crippen LogP contribution >= 0.6 is 11.6 Å². The van der Waals surface area contributed by atoms with E-state index in [1.54, 1.807) is 30.3 Å². The first-order chi connectivity index (χ1) is 14.5. The van der Waals surface area contributed by atoms with Crippen LogP contribution in [0.15, 0.2) is 54.2 Å². The van der Waals surface area contributed by atoms with Crippen molar-refractivity contribution in [3.8, 4) is 0 Å². The van der Waals surface area contributed by atoms with E-state index in [4.69, 9.17) is 16.3 Å². The molecule has 8 heteroatoms. The second-order valence-corrected chi connectivity index (χ2v) is 7.54. The molecule has 30 heavy (non-hydrogen) atoms. The Morgan fingerprint density at radius 1 is 1.00 bits per heavy atom. The predicted octanol–water partition coefficient (Wildman–Crippen LogP) is 3.00. The summed E-state index contributed by atoms with van der Waals surface area (Å²) in [6, 6.07) is 12.5. The maximum absolute atomic E-state index is 13.6. The number of carbonyl (C=O) groups is 2. The van der Waals surface area contributed by atoms with Gasteiger partial charge in [0.05, 0.1) is 18.8 Å². The minimum Gasteiger partial charge on any atom is -0.379 e. The smallest absolute Gasteiger partial charge is 0.278 e. The molecular formula is C22H21ClFN3O3. The van der Waals surface area contributed by atoms with Crippen LogP contribution in [0.1, 0.15) is 5.56 Å². The molecule has 0 spiro atoms. The molecule has 0 saturated carbocycles. The fraction of sp³-hybridized carbons (Fsp3) is 0.273. The molecule has 0 aromatic heterocycles. The van der Waals surface area contributed by atoms with Gasteiger partial charge < -0.3 is 10.1 Å².